The van der Waals surface area contributed by atoms with E-state index >= 15 is 0 Å². The molecule has 3 nitrogen and oxygen atoms in total. The summed E-state index contributed by atoms with van der Waals surface area (Å²) in [7, 11) is 0. The third-order valence-corrected chi connectivity index (χ3v) is 0.550. The molecule has 0 saturated carbocycles. The molecule has 1 rings (SSSR count). The molecule has 1 heterocycles. The van der Waals surface area contributed by atoms with Gasteiger partial charge in [0, 0.05) is 0 Å². The number of nitrogen functional groups attached to an aromatic ring is 1. The average Bonchev–Trinajstić information content (AvgIpc) is 1.69. The molecule has 8 heavy (non-hydrogen) atoms. The summed E-state index contributed by atoms with van der Waals surface area (Å²) in [6.45, 7) is 0. The van der Waals surface area contributed by atoms with Crippen molar-refractivity contribution in [2.45, 2.75) is 0 Å². The molecule has 0 amide bonds. The second-order valence-electron chi connectivity index (χ2n) is 1.05. The van der Waals surface area contributed by atoms with E-state index in [1.807, 2.05) is 0 Å². The van der Waals surface area contributed by atoms with Gasteiger partial charge in [0.1, 0.15) is 6.33 Å². The van der Waals surface area contributed by atoms with Gasteiger partial charge in [0.2, 0.25) is 0 Å². The van der Waals surface area contributed by atoms with Crippen LogP contribution in [0.2, 0.25) is 0 Å². The van der Waals surface area contributed by atoms with E-state index in [1.165, 1.54) is 12.5 Å². The number of nitrogens with two attached hydrogens (primary N) is 1. The van der Waals surface area contributed by atoms with Gasteiger partial charge in [0.05, 0.1) is 0 Å². The third-order valence-electron chi connectivity index (χ3n) is 0.550. The van der Waals surface area contributed by atoms with Crippen molar-refractivity contribution in [1.82, 2.24) is 9.97 Å². The van der Waals surface area contributed by atoms with Crippen molar-refractivity contribution in [3.05, 3.63) is 18.6 Å². The number of hydrogen-bond acceptors (Lipinski definition) is 3. The molecule has 1 aromatic rings. The number of rotatable bonds is 0. The Morgan fingerprint density at radius 2 is 2.38 bits per heavy atom. The SMILES string of the molecule is Nc1[c-]cncn1.[K+]. The van der Waals surface area contributed by atoms with Crippen LogP contribution in [0.1, 0.15) is 0 Å². The van der Waals surface area contributed by atoms with Crippen molar-refractivity contribution < 1.29 is 51.4 Å². The van der Waals surface area contributed by atoms with Crippen LogP contribution < -0.4 is 57.1 Å². The van der Waals surface area contributed by atoms with Gasteiger partial charge < -0.3 is 11.8 Å². The maximum absolute atomic E-state index is 5.15. The smallest absolute Gasteiger partial charge is 0.413 e. The molecule has 0 aliphatic carbocycles. The fourth-order valence-electron chi connectivity index (χ4n) is 0.270. The quantitative estimate of drug-likeness (QED) is 0.300. The van der Waals surface area contributed by atoms with Crippen LogP contribution in [-0.4, -0.2) is 9.97 Å². The summed E-state index contributed by atoms with van der Waals surface area (Å²) in [4.78, 5) is 7.19. The van der Waals surface area contributed by atoms with Gasteiger partial charge >= 0.3 is 51.4 Å². The molecular weight excluding hydrogens is 129 g/mol. The summed E-state index contributed by atoms with van der Waals surface area (Å²) in [5, 5.41) is 0. The van der Waals surface area contributed by atoms with Crippen LogP contribution in [0.4, 0.5) is 5.82 Å². The van der Waals surface area contributed by atoms with Crippen LogP contribution in [0.3, 0.4) is 0 Å². The number of hydrogen-bond donors (Lipinski definition) is 1. The Labute approximate surface area is 90.1 Å². The molecule has 0 atom stereocenters. The first-order valence-corrected chi connectivity index (χ1v) is 1.83. The standard InChI is InChI=1S/C4H4N3.K/c5-4-1-2-6-3-7-4;/h2-3H,(H2,5,6,7);/q-1;+1. The van der Waals surface area contributed by atoms with Crippen molar-refractivity contribution in [3.8, 4) is 0 Å². The predicted molar refractivity (Wildman–Crippen MR) is 25.3 cm³/mol. The largest absolute Gasteiger partial charge is 1.00 e. The molecule has 2 N–H and O–H groups in total. The fourth-order valence-corrected chi connectivity index (χ4v) is 0.270. The molecule has 0 fully saturated rings. The Balaban J connectivity index is 0.000000490. The van der Waals surface area contributed by atoms with Gasteiger partial charge in [-0.25, -0.2) is 0 Å². The van der Waals surface area contributed by atoms with Crippen LogP contribution >= 0.6 is 0 Å². The number of aromatic nitrogens is 2. The zero-order valence-electron chi connectivity index (χ0n) is 4.63. The minimum Gasteiger partial charge on any atom is -0.413 e. The van der Waals surface area contributed by atoms with Crippen molar-refractivity contribution in [3.63, 3.8) is 0 Å². The fraction of sp³-hybridized carbons (Fsp3) is 0. The van der Waals surface area contributed by atoms with Crippen molar-refractivity contribution in [1.29, 1.82) is 0 Å². The Bertz CT molecular complexity index is 141. The summed E-state index contributed by atoms with van der Waals surface area (Å²) < 4.78 is 0. The predicted octanol–water partition coefficient (Wildman–Crippen LogP) is -3.14. The molecule has 0 spiro atoms. The van der Waals surface area contributed by atoms with Crippen molar-refractivity contribution in [2.75, 3.05) is 5.73 Å². The molecule has 0 aliphatic rings. The van der Waals surface area contributed by atoms with Crippen LogP contribution in [0.25, 0.3) is 0 Å². The third kappa shape index (κ3) is 2.73. The molecule has 1 aromatic heterocycles. The van der Waals surface area contributed by atoms with Crippen LogP contribution in [0.5, 0.6) is 0 Å². The molecular formula is C4H4KN3. The van der Waals surface area contributed by atoms with Crippen LogP contribution in [0, 0.1) is 6.07 Å². The molecule has 0 saturated heterocycles. The van der Waals surface area contributed by atoms with E-state index < -0.39 is 0 Å². The molecule has 0 radical (unpaired) electrons. The minimum absolute atomic E-state index is 0. The van der Waals surface area contributed by atoms with E-state index in [-0.39, 0.29) is 51.4 Å². The van der Waals surface area contributed by atoms with E-state index in [2.05, 4.69) is 16.0 Å². The van der Waals surface area contributed by atoms with Gasteiger partial charge in [-0.1, -0.05) is 5.82 Å². The maximum atomic E-state index is 5.15. The minimum atomic E-state index is 0. The second kappa shape index (κ2) is 4.40. The summed E-state index contributed by atoms with van der Waals surface area (Å²) >= 11 is 0. The Hall–Kier alpha value is 0.516. The molecule has 0 bridgehead atoms. The normalized spacial score (nSPS) is 7.50. The van der Waals surface area contributed by atoms with Crippen LogP contribution in [-0.2, 0) is 0 Å². The topological polar surface area (TPSA) is 51.8 Å². The van der Waals surface area contributed by atoms with Gasteiger partial charge in [0.25, 0.3) is 0 Å². The van der Waals surface area contributed by atoms with Gasteiger partial charge in [-0.15, -0.1) is 6.20 Å². The van der Waals surface area contributed by atoms with E-state index in [1.54, 1.807) is 0 Å². The number of anilines is 1. The van der Waals surface area contributed by atoms with Gasteiger partial charge in [-0.05, 0) is 0 Å². The van der Waals surface area contributed by atoms with E-state index in [0.717, 1.165) is 0 Å². The van der Waals surface area contributed by atoms with E-state index in [4.69, 9.17) is 5.73 Å². The summed E-state index contributed by atoms with van der Waals surface area (Å²) in [6, 6.07) is 2.59. The Kier molecular flexibility index (Phi) is 4.68. The van der Waals surface area contributed by atoms with Crippen molar-refractivity contribution >= 4 is 5.82 Å². The van der Waals surface area contributed by atoms with Crippen molar-refractivity contribution in [2.24, 2.45) is 0 Å². The molecule has 4 heteroatoms. The number of nitrogens with zero attached hydrogens (tertiary/aromatic N) is 2. The summed E-state index contributed by atoms with van der Waals surface area (Å²) in [5.74, 6) is 0.384. The maximum Gasteiger partial charge on any atom is 1.00 e. The zero-order chi connectivity index (χ0) is 5.11. The van der Waals surface area contributed by atoms with Crippen LogP contribution in [0.15, 0.2) is 12.5 Å². The molecule has 0 aromatic carbocycles. The zero-order valence-corrected chi connectivity index (χ0v) is 7.75. The summed E-state index contributed by atoms with van der Waals surface area (Å²) in [6.07, 6.45) is 2.86. The monoisotopic (exact) mass is 133 g/mol. The first-order chi connectivity index (χ1) is 3.39. The van der Waals surface area contributed by atoms with E-state index in [0.29, 0.717) is 5.82 Å². The van der Waals surface area contributed by atoms with Gasteiger partial charge in [0.15, 0.2) is 0 Å². The second-order valence-corrected chi connectivity index (χ2v) is 1.05. The molecule has 36 valence electrons. The molecule has 0 unspecified atom stereocenters. The van der Waals surface area contributed by atoms with Gasteiger partial charge in [-0.2, -0.15) is 0 Å². The Morgan fingerprint density at radius 3 is 2.62 bits per heavy atom. The average molecular weight is 133 g/mol. The van der Waals surface area contributed by atoms with Gasteiger partial charge in [-0.3, -0.25) is 9.97 Å². The molecule has 0 aliphatic heterocycles. The van der Waals surface area contributed by atoms with E-state index in [9.17, 15) is 0 Å². The first-order valence-electron chi connectivity index (χ1n) is 1.83. The first kappa shape index (κ1) is 8.52. The Morgan fingerprint density at radius 1 is 1.62 bits per heavy atom. The summed E-state index contributed by atoms with van der Waals surface area (Å²) in [5.41, 5.74) is 5.15.